The van der Waals surface area contributed by atoms with Crippen LogP contribution in [0.25, 0.3) is 0 Å². The van der Waals surface area contributed by atoms with Gasteiger partial charge in [-0.3, -0.25) is 14.4 Å². The second-order valence-corrected chi connectivity index (χ2v) is 9.44. The van der Waals surface area contributed by atoms with Crippen molar-refractivity contribution in [1.29, 1.82) is 0 Å². The average molecular weight is 400 g/mol. The van der Waals surface area contributed by atoms with E-state index in [4.69, 9.17) is 15.2 Å². The molecular weight excluding hydrogens is 375 g/mol. The lowest BCUT2D eigenvalue weighted by Gasteiger charge is -2.34. The molecule has 0 amide bonds. The molecule has 26 heavy (non-hydrogen) atoms. The molecule has 0 spiro atoms. The monoisotopic (exact) mass is 400 g/mol. The number of esters is 1. The van der Waals surface area contributed by atoms with Crippen molar-refractivity contribution in [3.05, 3.63) is 21.9 Å². The minimum atomic E-state index is -2.49. The smallest absolute Gasteiger partial charge is 0.320 e. The van der Waals surface area contributed by atoms with Crippen LogP contribution in [-0.2, 0) is 18.8 Å². The van der Waals surface area contributed by atoms with Crippen LogP contribution in [0, 0.1) is 5.92 Å². The number of nitrogens with zero attached hydrogens (tertiary/aromatic N) is 2. The van der Waals surface area contributed by atoms with E-state index in [0.29, 0.717) is 12.5 Å². The quantitative estimate of drug-likeness (QED) is 0.545. The van der Waals surface area contributed by atoms with Crippen molar-refractivity contribution >= 4 is 25.8 Å². The zero-order chi connectivity index (χ0) is 18.3. The van der Waals surface area contributed by atoms with Crippen LogP contribution >= 0.6 is 19.9 Å². The van der Waals surface area contributed by atoms with Crippen molar-refractivity contribution in [2.75, 3.05) is 19.9 Å². The number of ether oxygens (including phenoxy) is 2. The minimum Gasteiger partial charge on any atom is -0.481 e. The highest BCUT2D eigenvalue weighted by molar-refractivity contribution is 8.04. The molecule has 1 saturated heterocycles. The van der Waals surface area contributed by atoms with Gasteiger partial charge in [0.1, 0.15) is 24.5 Å². The van der Waals surface area contributed by atoms with Gasteiger partial charge in [-0.05, 0) is 37.7 Å². The lowest BCUT2D eigenvalue weighted by Crippen LogP contribution is -2.43. The summed E-state index contributed by atoms with van der Waals surface area (Å²) in [5.74, 6) is 0.961. The highest BCUT2D eigenvalue weighted by Crippen LogP contribution is 2.53. The largest absolute Gasteiger partial charge is 0.481 e. The first-order valence-electron chi connectivity index (χ1n) is 9.10. The van der Waals surface area contributed by atoms with Gasteiger partial charge in [0.25, 0.3) is 0 Å². The fourth-order valence-corrected chi connectivity index (χ4v) is 6.28. The van der Waals surface area contributed by atoms with E-state index in [1.165, 1.54) is 23.1 Å². The first-order chi connectivity index (χ1) is 12.6. The summed E-state index contributed by atoms with van der Waals surface area (Å²) in [6.45, 7) is 2.07. The third-order valence-electron chi connectivity index (χ3n) is 5.20. The summed E-state index contributed by atoms with van der Waals surface area (Å²) >= 11 is 1.55. The van der Waals surface area contributed by atoms with E-state index in [-0.39, 0.29) is 18.8 Å². The number of fused-ring (bicyclic) bond motifs is 1. The Labute approximate surface area is 158 Å². The number of nitrogens with one attached hydrogen (secondary N) is 1. The van der Waals surface area contributed by atoms with Crippen LogP contribution in [-0.4, -0.2) is 41.0 Å². The molecule has 2 aliphatic heterocycles. The number of rotatable bonds is 3. The van der Waals surface area contributed by atoms with Crippen LogP contribution in [0.15, 0.2) is 21.9 Å². The van der Waals surface area contributed by atoms with Gasteiger partial charge >= 0.3 is 5.97 Å². The minimum absolute atomic E-state index is 0.0766. The van der Waals surface area contributed by atoms with Gasteiger partial charge < -0.3 is 15.2 Å². The van der Waals surface area contributed by atoms with Gasteiger partial charge in [-0.2, -0.15) is 9.87 Å². The van der Waals surface area contributed by atoms with Gasteiger partial charge in [-0.25, -0.2) is 0 Å². The van der Waals surface area contributed by atoms with Crippen LogP contribution in [0.2, 0.25) is 0 Å². The molecule has 0 aromatic heterocycles. The Bertz CT molecular complexity index is 698. The van der Waals surface area contributed by atoms with Crippen LogP contribution in [0.1, 0.15) is 39.0 Å². The lowest BCUT2D eigenvalue weighted by atomic mass is 9.78. The average Bonchev–Trinajstić information content (AvgIpc) is 2.95. The maximum atomic E-state index is 12.9. The molecular formula is C16H25N4O4PS. The predicted octanol–water partition coefficient (Wildman–Crippen LogP) is 2.08. The summed E-state index contributed by atoms with van der Waals surface area (Å²) in [5, 5.41) is 4.90. The predicted molar refractivity (Wildman–Crippen MR) is 99.5 cm³/mol. The van der Waals surface area contributed by atoms with Crippen molar-refractivity contribution in [2.24, 2.45) is 11.7 Å². The number of hydrogen-bond acceptors (Lipinski definition) is 7. The van der Waals surface area contributed by atoms with E-state index in [1.54, 1.807) is 18.7 Å². The normalized spacial score (nSPS) is 31.8. The van der Waals surface area contributed by atoms with Crippen LogP contribution in [0.3, 0.4) is 0 Å². The van der Waals surface area contributed by atoms with Crippen molar-refractivity contribution in [3.63, 3.8) is 0 Å². The molecule has 4 bridgehead atoms. The Morgan fingerprint density at radius 2 is 2.35 bits per heavy atom. The van der Waals surface area contributed by atoms with Crippen LogP contribution in [0.5, 0.6) is 0 Å². The van der Waals surface area contributed by atoms with Crippen LogP contribution < -0.4 is 10.9 Å². The molecule has 3 N–H and O–H groups in total. The number of nitrogens with two attached hydrogens (primary N) is 1. The maximum absolute atomic E-state index is 12.9. The first kappa shape index (κ1) is 18.4. The number of hydrazine groups is 1. The Kier molecular flexibility index (Phi) is 5.34. The highest BCUT2D eigenvalue weighted by atomic mass is 32.2. The van der Waals surface area contributed by atoms with Crippen molar-refractivity contribution in [3.8, 4) is 0 Å². The van der Waals surface area contributed by atoms with E-state index in [2.05, 4.69) is 5.20 Å². The van der Waals surface area contributed by atoms with E-state index in [9.17, 15) is 9.36 Å². The summed E-state index contributed by atoms with van der Waals surface area (Å²) in [7, 11) is -2.49. The molecule has 2 heterocycles. The fourth-order valence-electron chi connectivity index (χ4n) is 4.01. The number of carbonyl (C=O) groups excluding carboxylic acids is 1. The third kappa shape index (κ3) is 3.31. The molecule has 10 heteroatoms. The molecule has 2 aliphatic carbocycles. The van der Waals surface area contributed by atoms with Gasteiger partial charge in [0.2, 0.25) is 8.10 Å². The number of hydrogen-bond donors (Lipinski definition) is 2. The SMILES string of the molecule is CCOC(=O)CN1COC2=C3SC(N)N(N[PH]1=O)C3=C1CCCCC1C2. The Balaban J connectivity index is 1.66. The Morgan fingerprint density at radius 1 is 1.50 bits per heavy atom. The second kappa shape index (κ2) is 7.56. The van der Waals surface area contributed by atoms with Crippen molar-refractivity contribution in [1.82, 2.24) is 14.9 Å². The van der Waals surface area contributed by atoms with E-state index >= 15 is 0 Å². The van der Waals surface area contributed by atoms with Crippen molar-refractivity contribution in [2.45, 2.75) is 44.5 Å². The molecule has 3 atom stereocenters. The summed E-state index contributed by atoms with van der Waals surface area (Å²) in [6, 6.07) is 0. The Morgan fingerprint density at radius 3 is 3.15 bits per heavy atom. The number of carbonyl (C=O) groups is 1. The molecule has 3 unspecified atom stereocenters. The van der Waals surface area contributed by atoms with Crippen LogP contribution in [0.4, 0.5) is 0 Å². The van der Waals surface area contributed by atoms with Gasteiger partial charge in [-0.1, -0.05) is 18.2 Å². The van der Waals surface area contributed by atoms with Gasteiger partial charge in [-0.15, -0.1) is 0 Å². The summed E-state index contributed by atoms with van der Waals surface area (Å²) < 4.78 is 25.5. The Hall–Kier alpha value is -0.990. The first-order valence-corrected chi connectivity index (χ1v) is 11.3. The fraction of sp³-hybridized carbons (Fsp3) is 0.688. The summed E-state index contributed by atoms with van der Waals surface area (Å²) in [6.07, 6.45) is 5.46. The molecule has 8 nitrogen and oxygen atoms in total. The van der Waals surface area contributed by atoms with E-state index < -0.39 is 14.1 Å². The topological polar surface area (TPSA) is 97.1 Å². The molecule has 1 saturated carbocycles. The second-order valence-electron chi connectivity index (χ2n) is 6.84. The zero-order valence-corrected chi connectivity index (χ0v) is 16.6. The summed E-state index contributed by atoms with van der Waals surface area (Å²) in [4.78, 5) is 12.9. The zero-order valence-electron chi connectivity index (χ0n) is 14.8. The third-order valence-corrected chi connectivity index (χ3v) is 7.61. The molecule has 144 valence electrons. The summed E-state index contributed by atoms with van der Waals surface area (Å²) in [5.41, 5.74) is 8.42. The maximum Gasteiger partial charge on any atom is 0.320 e. The highest BCUT2D eigenvalue weighted by Gasteiger charge is 2.43. The van der Waals surface area contributed by atoms with Gasteiger partial charge in [0.05, 0.1) is 17.2 Å². The number of allylic oxidation sites excluding steroid dienone is 2. The molecule has 4 aliphatic rings. The van der Waals surface area contributed by atoms with Crippen molar-refractivity contribution < 1.29 is 18.8 Å². The van der Waals surface area contributed by atoms with Gasteiger partial charge in [0.15, 0.2) is 0 Å². The lowest BCUT2D eigenvalue weighted by molar-refractivity contribution is -0.144. The molecule has 2 fully saturated rings. The standard InChI is InChI=1S/C16H25N4O4PS/c1-2-23-13(21)8-19-9-24-12-7-10-5-3-4-6-11(10)14-15(12)26-16(17)20(14)18-25(19)22/h10,16,25H,2-9,17H2,1H3,(H,18,22). The van der Waals surface area contributed by atoms with Gasteiger partial charge in [0, 0.05) is 6.42 Å². The van der Waals surface area contributed by atoms with E-state index in [1.807, 2.05) is 5.01 Å². The van der Waals surface area contributed by atoms with E-state index in [0.717, 1.165) is 35.6 Å². The molecule has 0 aromatic rings. The number of thioether (sulfide) groups is 1. The molecule has 4 rings (SSSR count). The molecule has 0 radical (unpaired) electrons. The molecule has 0 aromatic carbocycles.